The van der Waals surface area contributed by atoms with Crippen LogP contribution in [0.1, 0.15) is 5.56 Å². The summed E-state index contributed by atoms with van der Waals surface area (Å²) in [6.07, 6.45) is 0.0194. The van der Waals surface area contributed by atoms with Gasteiger partial charge in [0.1, 0.15) is 0 Å². The lowest BCUT2D eigenvalue weighted by Crippen LogP contribution is -2.14. The molecule has 2 aromatic carbocycles. The van der Waals surface area contributed by atoms with E-state index < -0.39 is 22.3 Å². The van der Waals surface area contributed by atoms with Gasteiger partial charge in [-0.3, -0.25) is 14.9 Å². The fraction of sp³-hybridized carbons (Fsp3) is 0.188. The van der Waals surface area contributed by atoms with Crippen LogP contribution in [0.25, 0.3) is 0 Å². The highest BCUT2D eigenvalue weighted by Gasteiger charge is 2.15. The van der Waals surface area contributed by atoms with Gasteiger partial charge in [-0.2, -0.15) is 4.39 Å². The quantitative estimate of drug-likeness (QED) is 0.648. The number of carbonyl (C=O) groups is 1. The molecule has 2 rings (SSSR count). The van der Waals surface area contributed by atoms with Crippen LogP contribution in [0.5, 0.6) is 11.5 Å². The fourth-order valence-electron chi connectivity index (χ4n) is 2.11. The number of nitro groups is 1. The van der Waals surface area contributed by atoms with Gasteiger partial charge in [-0.05, 0) is 29.8 Å². The van der Waals surface area contributed by atoms with Crippen LogP contribution in [0.3, 0.4) is 0 Å². The summed E-state index contributed by atoms with van der Waals surface area (Å²) < 4.78 is 23.6. The van der Waals surface area contributed by atoms with E-state index in [0.717, 1.165) is 12.1 Å². The summed E-state index contributed by atoms with van der Waals surface area (Å²) in [5.74, 6) is -0.336. The van der Waals surface area contributed by atoms with Crippen molar-refractivity contribution in [2.75, 3.05) is 19.5 Å². The molecule has 7 nitrogen and oxygen atoms in total. The fourth-order valence-corrected chi connectivity index (χ4v) is 2.11. The van der Waals surface area contributed by atoms with Crippen molar-refractivity contribution in [3.05, 3.63) is 57.9 Å². The zero-order valence-electron chi connectivity index (χ0n) is 13.0. The molecule has 0 aliphatic rings. The molecular formula is C16H15FN2O5. The maximum Gasteiger partial charge on any atom is 0.306 e. The van der Waals surface area contributed by atoms with Gasteiger partial charge in [-0.25, -0.2) is 0 Å². The standard InChI is InChI=1S/C16H15FN2O5/c1-23-14-6-3-10(7-15(14)24-2)8-16(20)18-11-4-5-12(17)13(9-11)19(21)22/h3-7,9H,8H2,1-2H3,(H,18,20). The molecule has 1 amide bonds. The number of benzene rings is 2. The van der Waals surface area contributed by atoms with Crippen molar-refractivity contribution < 1.29 is 23.6 Å². The lowest BCUT2D eigenvalue weighted by atomic mass is 10.1. The van der Waals surface area contributed by atoms with Crippen LogP contribution < -0.4 is 14.8 Å². The number of methoxy groups -OCH3 is 2. The molecule has 24 heavy (non-hydrogen) atoms. The van der Waals surface area contributed by atoms with Crippen LogP contribution >= 0.6 is 0 Å². The maximum atomic E-state index is 13.3. The first-order valence-electron chi connectivity index (χ1n) is 6.89. The molecule has 0 unspecified atom stereocenters. The number of rotatable bonds is 6. The van der Waals surface area contributed by atoms with Crippen molar-refractivity contribution >= 4 is 17.3 Å². The molecule has 126 valence electrons. The molecule has 0 heterocycles. The van der Waals surface area contributed by atoms with Crippen molar-refractivity contribution in [3.63, 3.8) is 0 Å². The normalized spacial score (nSPS) is 10.1. The van der Waals surface area contributed by atoms with Gasteiger partial charge in [0.15, 0.2) is 11.5 Å². The van der Waals surface area contributed by atoms with E-state index in [4.69, 9.17) is 9.47 Å². The number of nitro benzene ring substituents is 1. The Morgan fingerprint density at radius 3 is 2.50 bits per heavy atom. The summed E-state index contributed by atoms with van der Waals surface area (Å²) in [5, 5.41) is 13.2. The molecule has 0 aliphatic heterocycles. The number of carbonyl (C=O) groups excluding carboxylic acids is 1. The Bertz CT molecular complexity index is 779. The first kappa shape index (κ1) is 17.2. The zero-order chi connectivity index (χ0) is 17.7. The highest BCUT2D eigenvalue weighted by atomic mass is 19.1. The van der Waals surface area contributed by atoms with Gasteiger partial charge in [-0.1, -0.05) is 6.07 Å². The summed E-state index contributed by atoms with van der Waals surface area (Å²) in [6, 6.07) is 8.20. The minimum atomic E-state index is -0.960. The Morgan fingerprint density at radius 2 is 1.88 bits per heavy atom. The Balaban J connectivity index is 2.11. The average molecular weight is 334 g/mol. The van der Waals surface area contributed by atoms with E-state index in [1.54, 1.807) is 18.2 Å². The van der Waals surface area contributed by atoms with Crippen LogP contribution in [0.2, 0.25) is 0 Å². The van der Waals surface area contributed by atoms with E-state index in [2.05, 4.69) is 5.32 Å². The minimum absolute atomic E-state index is 0.0194. The SMILES string of the molecule is COc1ccc(CC(=O)Nc2ccc(F)c([N+](=O)[O-])c2)cc1OC. The second kappa shape index (κ2) is 7.40. The summed E-state index contributed by atoms with van der Waals surface area (Å²) in [6.45, 7) is 0. The van der Waals surface area contributed by atoms with E-state index in [9.17, 15) is 19.3 Å². The van der Waals surface area contributed by atoms with Crippen molar-refractivity contribution in [3.8, 4) is 11.5 Å². The molecule has 0 saturated carbocycles. The van der Waals surface area contributed by atoms with Crippen molar-refractivity contribution in [1.82, 2.24) is 0 Å². The minimum Gasteiger partial charge on any atom is -0.493 e. The van der Waals surface area contributed by atoms with Gasteiger partial charge < -0.3 is 14.8 Å². The van der Waals surface area contributed by atoms with Gasteiger partial charge in [0.05, 0.1) is 25.6 Å². The van der Waals surface area contributed by atoms with Crippen molar-refractivity contribution in [1.29, 1.82) is 0 Å². The van der Waals surface area contributed by atoms with Gasteiger partial charge in [0.25, 0.3) is 0 Å². The van der Waals surface area contributed by atoms with E-state index in [-0.39, 0.29) is 12.1 Å². The first-order chi connectivity index (χ1) is 11.4. The third-order valence-corrected chi connectivity index (χ3v) is 3.24. The molecule has 8 heteroatoms. The molecule has 0 fully saturated rings. The van der Waals surface area contributed by atoms with Crippen LogP contribution in [-0.2, 0) is 11.2 Å². The number of amides is 1. The Hall–Kier alpha value is -3.16. The summed E-state index contributed by atoms with van der Waals surface area (Å²) in [7, 11) is 2.99. The maximum absolute atomic E-state index is 13.3. The van der Waals surface area contributed by atoms with E-state index in [1.807, 2.05) is 0 Å². The number of hydrogen-bond acceptors (Lipinski definition) is 5. The van der Waals surface area contributed by atoms with Crippen molar-refractivity contribution in [2.45, 2.75) is 6.42 Å². The monoisotopic (exact) mass is 334 g/mol. The van der Waals surface area contributed by atoms with Crippen molar-refractivity contribution in [2.24, 2.45) is 0 Å². The summed E-state index contributed by atoms with van der Waals surface area (Å²) in [5.41, 5.74) is 0.120. The largest absolute Gasteiger partial charge is 0.493 e. The van der Waals surface area contributed by atoms with Gasteiger partial charge in [0.2, 0.25) is 11.7 Å². The third-order valence-electron chi connectivity index (χ3n) is 3.24. The number of hydrogen-bond donors (Lipinski definition) is 1. The topological polar surface area (TPSA) is 90.7 Å². The Morgan fingerprint density at radius 1 is 1.17 bits per heavy atom. The number of ether oxygens (including phenoxy) is 2. The molecule has 0 saturated heterocycles. The smallest absolute Gasteiger partial charge is 0.306 e. The average Bonchev–Trinajstić information content (AvgIpc) is 2.56. The molecule has 0 radical (unpaired) electrons. The van der Waals surface area contributed by atoms with E-state index in [0.29, 0.717) is 17.1 Å². The Labute approximate surface area is 137 Å². The van der Waals surface area contributed by atoms with E-state index in [1.165, 1.54) is 20.3 Å². The molecule has 0 bridgehead atoms. The van der Waals surface area contributed by atoms with Crippen LogP contribution in [0.4, 0.5) is 15.8 Å². The van der Waals surface area contributed by atoms with E-state index >= 15 is 0 Å². The lowest BCUT2D eigenvalue weighted by molar-refractivity contribution is -0.387. The van der Waals surface area contributed by atoms with Gasteiger partial charge in [-0.15, -0.1) is 0 Å². The number of nitrogens with zero attached hydrogens (tertiary/aromatic N) is 1. The predicted octanol–water partition coefficient (Wildman–Crippen LogP) is 2.93. The molecular weight excluding hydrogens is 319 g/mol. The van der Waals surface area contributed by atoms with Gasteiger partial charge >= 0.3 is 5.69 Å². The van der Waals surface area contributed by atoms with Crippen LogP contribution in [-0.4, -0.2) is 25.1 Å². The van der Waals surface area contributed by atoms with Gasteiger partial charge in [0, 0.05) is 11.8 Å². The molecule has 0 spiro atoms. The predicted molar refractivity (Wildman–Crippen MR) is 84.9 cm³/mol. The lowest BCUT2D eigenvalue weighted by Gasteiger charge is -2.10. The molecule has 1 N–H and O–H groups in total. The first-order valence-corrected chi connectivity index (χ1v) is 6.89. The third kappa shape index (κ3) is 3.97. The number of anilines is 1. The zero-order valence-corrected chi connectivity index (χ0v) is 13.0. The number of halogens is 1. The summed E-state index contributed by atoms with van der Waals surface area (Å²) in [4.78, 5) is 21.9. The molecule has 0 aromatic heterocycles. The highest BCUT2D eigenvalue weighted by Crippen LogP contribution is 2.28. The molecule has 0 aliphatic carbocycles. The summed E-state index contributed by atoms with van der Waals surface area (Å²) >= 11 is 0. The highest BCUT2D eigenvalue weighted by molar-refractivity contribution is 5.92. The van der Waals surface area contributed by atoms with Crippen LogP contribution in [0.15, 0.2) is 36.4 Å². The second-order valence-electron chi connectivity index (χ2n) is 4.84. The molecule has 2 aromatic rings. The molecule has 0 atom stereocenters. The second-order valence-corrected chi connectivity index (χ2v) is 4.84. The Kier molecular flexibility index (Phi) is 5.31. The van der Waals surface area contributed by atoms with Crippen LogP contribution in [0, 0.1) is 15.9 Å². The number of nitrogens with one attached hydrogen (secondary N) is 1.